The number of benzene rings is 1. The second kappa shape index (κ2) is 6.24. The second-order valence-electron chi connectivity index (χ2n) is 3.91. The molecule has 99 valence electrons. The van der Waals surface area contributed by atoms with Crippen molar-refractivity contribution in [2.24, 2.45) is 0 Å². The van der Waals surface area contributed by atoms with E-state index in [9.17, 15) is 0 Å². The minimum absolute atomic E-state index is 0.497. The van der Waals surface area contributed by atoms with Gasteiger partial charge in [0.05, 0.1) is 11.9 Å². The van der Waals surface area contributed by atoms with Crippen LogP contribution in [0.4, 0.5) is 17.5 Å². The first kappa shape index (κ1) is 13.4. The SMILES string of the molecule is [CH2]CNc1nc(NCc2cccc(Cl)c2)ncc1N. The summed E-state index contributed by atoms with van der Waals surface area (Å²) in [5.41, 5.74) is 7.29. The molecular formula is C13H15ClN5. The molecular weight excluding hydrogens is 262 g/mol. The van der Waals surface area contributed by atoms with E-state index in [-0.39, 0.29) is 0 Å². The topological polar surface area (TPSA) is 75.9 Å². The fourth-order valence-corrected chi connectivity index (χ4v) is 1.78. The van der Waals surface area contributed by atoms with Crippen molar-refractivity contribution in [1.29, 1.82) is 0 Å². The number of nitrogen functional groups attached to an aromatic ring is 1. The van der Waals surface area contributed by atoms with Gasteiger partial charge in [0.2, 0.25) is 5.95 Å². The Morgan fingerprint density at radius 3 is 2.89 bits per heavy atom. The van der Waals surface area contributed by atoms with Crippen LogP contribution in [-0.2, 0) is 6.54 Å². The highest BCUT2D eigenvalue weighted by molar-refractivity contribution is 6.30. The van der Waals surface area contributed by atoms with Crippen LogP contribution in [-0.4, -0.2) is 16.5 Å². The van der Waals surface area contributed by atoms with Gasteiger partial charge in [0, 0.05) is 18.1 Å². The molecule has 0 aliphatic carbocycles. The average Bonchev–Trinajstić information content (AvgIpc) is 2.40. The Balaban J connectivity index is 2.05. The zero-order chi connectivity index (χ0) is 13.7. The maximum absolute atomic E-state index is 5.92. The molecule has 4 N–H and O–H groups in total. The van der Waals surface area contributed by atoms with Gasteiger partial charge in [-0.05, 0) is 24.6 Å². The predicted molar refractivity (Wildman–Crippen MR) is 79.1 cm³/mol. The summed E-state index contributed by atoms with van der Waals surface area (Å²) in [4.78, 5) is 8.39. The van der Waals surface area contributed by atoms with E-state index >= 15 is 0 Å². The van der Waals surface area contributed by atoms with Crippen LogP contribution in [0.25, 0.3) is 0 Å². The lowest BCUT2D eigenvalue weighted by Crippen LogP contribution is -2.09. The van der Waals surface area contributed by atoms with Gasteiger partial charge in [-0.2, -0.15) is 4.98 Å². The average molecular weight is 277 g/mol. The Morgan fingerprint density at radius 1 is 1.32 bits per heavy atom. The third kappa shape index (κ3) is 3.72. The van der Waals surface area contributed by atoms with E-state index in [0.29, 0.717) is 35.6 Å². The second-order valence-corrected chi connectivity index (χ2v) is 4.34. The first-order valence-electron chi connectivity index (χ1n) is 5.83. The molecule has 0 unspecified atom stereocenters. The highest BCUT2D eigenvalue weighted by atomic mass is 35.5. The fraction of sp³-hybridized carbons (Fsp3) is 0.154. The molecule has 5 nitrogen and oxygen atoms in total. The van der Waals surface area contributed by atoms with Gasteiger partial charge in [0.15, 0.2) is 5.82 Å². The molecule has 0 amide bonds. The Bertz CT molecular complexity index is 558. The molecule has 1 radical (unpaired) electrons. The first-order valence-corrected chi connectivity index (χ1v) is 6.21. The normalized spacial score (nSPS) is 10.2. The summed E-state index contributed by atoms with van der Waals surface area (Å²) in [6.45, 7) is 4.79. The van der Waals surface area contributed by atoms with Gasteiger partial charge in [-0.3, -0.25) is 0 Å². The lowest BCUT2D eigenvalue weighted by Gasteiger charge is -2.09. The van der Waals surface area contributed by atoms with Gasteiger partial charge in [-0.1, -0.05) is 23.7 Å². The van der Waals surface area contributed by atoms with Crippen molar-refractivity contribution in [1.82, 2.24) is 9.97 Å². The zero-order valence-corrected chi connectivity index (χ0v) is 11.1. The van der Waals surface area contributed by atoms with Crippen LogP contribution in [0.15, 0.2) is 30.5 Å². The lowest BCUT2D eigenvalue weighted by molar-refractivity contribution is 1.05. The summed E-state index contributed by atoms with van der Waals surface area (Å²) in [5, 5.41) is 6.80. The van der Waals surface area contributed by atoms with Crippen LogP contribution in [0.1, 0.15) is 5.56 Å². The largest absolute Gasteiger partial charge is 0.394 e. The number of halogens is 1. The third-order valence-corrected chi connectivity index (χ3v) is 2.68. The Labute approximate surface area is 117 Å². The number of rotatable bonds is 5. The molecule has 0 saturated carbocycles. The molecule has 0 fully saturated rings. The van der Waals surface area contributed by atoms with Gasteiger partial charge in [-0.15, -0.1) is 0 Å². The summed E-state index contributed by atoms with van der Waals surface area (Å²) in [6, 6.07) is 7.60. The van der Waals surface area contributed by atoms with E-state index < -0.39 is 0 Å². The number of nitrogens with zero attached hydrogens (tertiary/aromatic N) is 2. The van der Waals surface area contributed by atoms with Crippen molar-refractivity contribution in [3.05, 3.63) is 48.0 Å². The quantitative estimate of drug-likeness (QED) is 0.782. The van der Waals surface area contributed by atoms with Gasteiger partial charge in [0.1, 0.15) is 0 Å². The van der Waals surface area contributed by atoms with Crippen molar-refractivity contribution < 1.29 is 0 Å². The van der Waals surface area contributed by atoms with E-state index in [2.05, 4.69) is 27.5 Å². The summed E-state index contributed by atoms with van der Waals surface area (Å²) in [6.07, 6.45) is 1.56. The van der Waals surface area contributed by atoms with Crippen LogP contribution < -0.4 is 16.4 Å². The number of hydrogen-bond donors (Lipinski definition) is 3. The molecule has 0 bridgehead atoms. The number of anilines is 3. The molecule has 0 atom stereocenters. The van der Waals surface area contributed by atoms with Crippen LogP contribution in [0, 0.1) is 6.92 Å². The number of aromatic nitrogens is 2. The third-order valence-electron chi connectivity index (χ3n) is 2.45. The summed E-state index contributed by atoms with van der Waals surface area (Å²) in [5.74, 6) is 1.09. The number of hydrogen-bond acceptors (Lipinski definition) is 5. The van der Waals surface area contributed by atoms with Crippen LogP contribution in [0.3, 0.4) is 0 Å². The molecule has 6 heteroatoms. The monoisotopic (exact) mass is 276 g/mol. The Morgan fingerprint density at radius 2 is 2.16 bits per heavy atom. The first-order chi connectivity index (χ1) is 9.19. The number of nitrogens with two attached hydrogens (primary N) is 1. The molecule has 0 aliphatic heterocycles. The minimum Gasteiger partial charge on any atom is -0.394 e. The fourth-order valence-electron chi connectivity index (χ4n) is 1.56. The van der Waals surface area contributed by atoms with Crippen LogP contribution >= 0.6 is 11.6 Å². The van der Waals surface area contributed by atoms with Crippen molar-refractivity contribution in [3.8, 4) is 0 Å². The molecule has 0 spiro atoms. The highest BCUT2D eigenvalue weighted by Crippen LogP contribution is 2.16. The van der Waals surface area contributed by atoms with E-state index in [1.54, 1.807) is 6.20 Å². The number of nitrogens with one attached hydrogen (secondary N) is 2. The summed E-state index contributed by atoms with van der Waals surface area (Å²) < 4.78 is 0. The van der Waals surface area contributed by atoms with E-state index in [1.807, 2.05) is 24.3 Å². The summed E-state index contributed by atoms with van der Waals surface area (Å²) in [7, 11) is 0. The summed E-state index contributed by atoms with van der Waals surface area (Å²) >= 11 is 5.92. The molecule has 2 rings (SSSR count). The van der Waals surface area contributed by atoms with Gasteiger partial charge in [-0.25, -0.2) is 4.98 Å². The van der Waals surface area contributed by atoms with Crippen molar-refractivity contribution in [2.45, 2.75) is 6.54 Å². The Hall–Kier alpha value is -2.01. The molecule has 0 aliphatic rings. The lowest BCUT2D eigenvalue weighted by atomic mass is 10.2. The predicted octanol–water partition coefficient (Wildman–Crippen LogP) is 2.57. The Kier molecular flexibility index (Phi) is 4.41. The highest BCUT2D eigenvalue weighted by Gasteiger charge is 2.03. The van der Waals surface area contributed by atoms with E-state index in [4.69, 9.17) is 17.3 Å². The van der Waals surface area contributed by atoms with Crippen LogP contribution in [0.2, 0.25) is 5.02 Å². The molecule has 1 heterocycles. The molecule has 1 aromatic carbocycles. The van der Waals surface area contributed by atoms with Gasteiger partial charge in [0.25, 0.3) is 0 Å². The molecule has 2 aromatic rings. The van der Waals surface area contributed by atoms with Gasteiger partial charge >= 0.3 is 0 Å². The van der Waals surface area contributed by atoms with Crippen molar-refractivity contribution in [3.63, 3.8) is 0 Å². The zero-order valence-electron chi connectivity index (χ0n) is 10.4. The smallest absolute Gasteiger partial charge is 0.225 e. The maximum atomic E-state index is 5.92. The van der Waals surface area contributed by atoms with Crippen molar-refractivity contribution >= 4 is 29.1 Å². The molecule has 19 heavy (non-hydrogen) atoms. The standard InChI is InChI=1S/C13H15ClN5/c1-2-16-12-11(15)8-18-13(19-12)17-7-9-4-3-5-10(14)6-9/h3-6,8H,1-2,7,15H2,(H2,16,17,18,19). The molecule has 1 aromatic heterocycles. The van der Waals surface area contributed by atoms with Crippen molar-refractivity contribution in [2.75, 3.05) is 22.9 Å². The minimum atomic E-state index is 0.497. The molecule has 0 saturated heterocycles. The van der Waals surface area contributed by atoms with Crippen LogP contribution in [0.5, 0.6) is 0 Å². The van der Waals surface area contributed by atoms with E-state index in [1.165, 1.54) is 0 Å². The van der Waals surface area contributed by atoms with Gasteiger partial charge < -0.3 is 16.4 Å². The van der Waals surface area contributed by atoms with E-state index in [0.717, 1.165) is 5.56 Å². The maximum Gasteiger partial charge on any atom is 0.225 e.